The second-order valence-corrected chi connectivity index (χ2v) is 7.75. The first kappa shape index (κ1) is 18.8. The van der Waals surface area contributed by atoms with Gasteiger partial charge in [-0.05, 0) is 36.6 Å². The molecule has 134 valence electrons. The van der Waals surface area contributed by atoms with E-state index >= 15 is 0 Å². The standard InChI is InChI=1S/C16H23FN2O4S/c1-12-8-10-19(11-15(12)23-2)16(20)7-9-18-24(21,22)14-5-3-13(17)4-6-14/h3-6,12,15,18H,7-11H2,1-2H3/t12-,15+/m1/s1. The normalized spacial score (nSPS) is 21.7. The average Bonchev–Trinajstić information content (AvgIpc) is 2.55. The van der Waals surface area contributed by atoms with Gasteiger partial charge in [0.1, 0.15) is 5.82 Å². The van der Waals surface area contributed by atoms with Gasteiger partial charge in [0.25, 0.3) is 0 Å². The molecule has 1 aliphatic heterocycles. The number of rotatable bonds is 6. The number of carbonyl (C=O) groups excluding carboxylic acids is 1. The van der Waals surface area contributed by atoms with Gasteiger partial charge in [0.2, 0.25) is 15.9 Å². The van der Waals surface area contributed by atoms with E-state index in [4.69, 9.17) is 4.74 Å². The van der Waals surface area contributed by atoms with Crippen LogP contribution in [0.5, 0.6) is 0 Å². The fourth-order valence-electron chi connectivity index (χ4n) is 2.71. The minimum atomic E-state index is -3.74. The van der Waals surface area contributed by atoms with Gasteiger partial charge < -0.3 is 9.64 Å². The number of hydrogen-bond acceptors (Lipinski definition) is 4. The van der Waals surface area contributed by atoms with Crippen molar-refractivity contribution in [3.05, 3.63) is 30.1 Å². The van der Waals surface area contributed by atoms with Crippen molar-refractivity contribution in [2.75, 3.05) is 26.7 Å². The van der Waals surface area contributed by atoms with Gasteiger partial charge in [-0.3, -0.25) is 4.79 Å². The number of nitrogens with zero attached hydrogens (tertiary/aromatic N) is 1. The van der Waals surface area contributed by atoms with Crippen LogP contribution in [0.15, 0.2) is 29.2 Å². The highest BCUT2D eigenvalue weighted by molar-refractivity contribution is 7.89. The predicted octanol–water partition coefficient (Wildman–Crippen LogP) is 1.38. The lowest BCUT2D eigenvalue weighted by Gasteiger charge is -2.36. The van der Waals surface area contributed by atoms with Gasteiger partial charge >= 0.3 is 0 Å². The van der Waals surface area contributed by atoms with Crippen LogP contribution >= 0.6 is 0 Å². The molecule has 0 bridgehead atoms. The van der Waals surface area contributed by atoms with Crippen LogP contribution in [0.3, 0.4) is 0 Å². The molecular weight excluding hydrogens is 335 g/mol. The second-order valence-electron chi connectivity index (χ2n) is 5.98. The summed E-state index contributed by atoms with van der Waals surface area (Å²) in [6.07, 6.45) is 0.954. The van der Waals surface area contributed by atoms with Crippen molar-refractivity contribution in [1.29, 1.82) is 0 Å². The van der Waals surface area contributed by atoms with Gasteiger partial charge in [-0.15, -0.1) is 0 Å². The maximum Gasteiger partial charge on any atom is 0.240 e. The first-order valence-corrected chi connectivity index (χ1v) is 9.37. The number of methoxy groups -OCH3 is 1. The minimum absolute atomic E-state index is 0.00223. The molecule has 1 saturated heterocycles. The maximum atomic E-state index is 12.9. The van der Waals surface area contributed by atoms with Crippen LogP contribution in [0.2, 0.25) is 0 Å². The summed E-state index contributed by atoms with van der Waals surface area (Å²) in [5.74, 6) is -0.210. The van der Waals surface area contributed by atoms with E-state index in [-0.39, 0.29) is 29.9 Å². The molecule has 2 atom stereocenters. The molecule has 1 N–H and O–H groups in total. The van der Waals surface area contributed by atoms with Gasteiger partial charge in [0.15, 0.2) is 0 Å². The summed E-state index contributed by atoms with van der Waals surface area (Å²) in [6, 6.07) is 4.54. The van der Waals surface area contributed by atoms with Gasteiger partial charge in [-0.1, -0.05) is 6.92 Å². The molecule has 24 heavy (non-hydrogen) atoms. The third kappa shape index (κ3) is 4.75. The average molecular weight is 358 g/mol. The molecule has 1 fully saturated rings. The largest absolute Gasteiger partial charge is 0.379 e. The number of hydrogen-bond donors (Lipinski definition) is 1. The molecule has 0 spiro atoms. The Kier molecular flexibility index (Phi) is 6.31. The fraction of sp³-hybridized carbons (Fsp3) is 0.562. The molecule has 1 aromatic rings. The lowest BCUT2D eigenvalue weighted by molar-refractivity contribution is -0.136. The SMILES string of the molecule is CO[C@H]1CN(C(=O)CCNS(=O)(=O)c2ccc(F)cc2)CC[C@H]1C. The Balaban J connectivity index is 1.85. The molecule has 8 heteroatoms. The van der Waals surface area contributed by atoms with E-state index in [1.54, 1.807) is 12.0 Å². The minimum Gasteiger partial charge on any atom is -0.379 e. The molecule has 0 saturated carbocycles. The van der Waals surface area contributed by atoms with Gasteiger partial charge in [0, 0.05) is 33.2 Å². The van der Waals surface area contributed by atoms with Crippen molar-refractivity contribution in [2.24, 2.45) is 5.92 Å². The van der Waals surface area contributed by atoms with Crippen LogP contribution in [0.4, 0.5) is 4.39 Å². The van der Waals surface area contributed by atoms with E-state index in [9.17, 15) is 17.6 Å². The number of ether oxygens (including phenoxy) is 1. The van der Waals surface area contributed by atoms with Crippen LogP contribution in [-0.2, 0) is 19.6 Å². The van der Waals surface area contributed by atoms with Gasteiger partial charge in [0.05, 0.1) is 11.0 Å². The number of amides is 1. The van der Waals surface area contributed by atoms with Crippen LogP contribution in [0.25, 0.3) is 0 Å². The highest BCUT2D eigenvalue weighted by Gasteiger charge is 2.28. The first-order chi connectivity index (χ1) is 11.3. The summed E-state index contributed by atoms with van der Waals surface area (Å²) in [5.41, 5.74) is 0. The van der Waals surface area contributed by atoms with E-state index < -0.39 is 15.8 Å². The number of sulfonamides is 1. The Morgan fingerprint density at radius 2 is 2.04 bits per heavy atom. The summed E-state index contributed by atoms with van der Waals surface area (Å²) in [6.45, 7) is 3.28. The van der Waals surface area contributed by atoms with Crippen molar-refractivity contribution >= 4 is 15.9 Å². The molecule has 1 aromatic carbocycles. The van der Waals surface area contributed by atoms with Gasteiger partial charge in [-0.2, -0.15) is 0 Å². The van der Waals surface area contributed by atoms with E-state index in [1.165, 1.54) is 12.1 Å². The number of nitrogens with one attached hydrogen (secondary N) is 1. The fourth-order valence-corrected chi connectivity index (χ4v) is 3.75. The Morgan fingerprint density at radius 3 is 2.67 bits per heavy atom. The van der Waals surface area contributed by atoms with Crippen LogP contribution < -0.4 is 4.72 Å². The van der Waals surface area contributed by atoms with E-state index in [0.717, 1.165) is 18.6 Å². The van der Waals surface area contributed by atoms with Crippen LogP contribution in [-0.4, -0.2) is 52.1 Å². The predicted molar refractivity (Wildman–Crippen MR) is 87.4 cm³/mol. The lowest BCUT2D eigenvalue weighted by Crippen LogP contribution is -2.47. The van der Waals surface area contributed by atoms with Crippen LogP contribution in [0.1, 0.15) is 19.8 Å². The lowest BCUT2D eigenvalue weighted by atomic mass is 9.95. The second kappa shape index (κ2) is 8.04. The highest BCUT2D eigenvalue weighted by Crippen LogP contribution is 2.20. The molecule has 0 unspecified atom stereocenters. The van der Waals surface area contributed by atoms with Crippen LogP contribution in [0, 0.1) is 11.7 Å². The zero-order chi connectivity index (χ0) is 17.7. The summed E-state index contributed by atoms with van der Waals surface area (Å²) < 4.78 is 44.7. The zero-order valence-electron chi connectivity index (χ0n) is 13.9. The summed E-state index contributed by atoms with van der Waals surface area (Å²) in [7, 11) is -2.11. The third-order valence-corrected chi connectivity index (χ3v) is 5.78. The molecule has 0 aromatic heterocycles. The molecule has 6 nitrogen and oxygen atoms in total. The Morgan fingerprint density at radius 1 is 1.38 bits per heavy atom. The molecule has 0 aliphatic carbocycles. The molecule has 1 amide bonds. The quantitative estimate of drug-likeness (QED) is 0.834. The van der Waals surface area contributed by atoms with Crippen molar-refractivity contribution < 1.29 is 22.3 Å². The summed E-state index contributed by atoms with van der Waals surface area (Å²) >= 11 is 0. The van der Waals surface area contributed by atoms with E-state index in [2.05, 4.69) is 11.6 Å². The van der Waals surface area contributed by atoms with Gasteiger partial charge in [-0.25, -0.2) is 17.5 Å². The molecule has 1 aliphatic rings. The van der Waals surface area contributed by atoms with Crippen molar-refractivity contribution in [1.82, 2.24) is 9.62 Å². The molecule has 2 rings (SSSR count). The van der Waals surface area contributed by atoms with Crippen molar-refractivity contribution in [3.8, 4) is 0 Å². The third-order valence-electron chi connectivity index (χ3n) is 4.30. The summed E-state index contributed by atoms with van der Waals surface area (Å²) in [4.78, 5) is 13.9. The van der Waals surface area contributed by atoms with E-state index in [0.29, 0.717) is 19.0 Å². The van der Waals surface area contributed by atoms with Crippen molar-refractivity contribution in [2.45, 2.75) is 30.8 Å². The number of carbonyl (C=O) groups is 1. The number of halogens is 1. The summed E-state index contributed by atoms with van der Waals surface area (Å²) in [5, 5.41) is 0. The Hall–Kier alpha value is -1.51. The Labute approximate surface area is 142 Å². The zero-order valence-corrected chi connectivity index (χ0v) is 14.7. The maximum absolute atomic E-state index is 12.9. The Bertz CT molecular complexity index is 663. The van der Waals surface area contributed by atoms with E-state index in [1.807, 2.05) is 0 Å². The topological polar surface area (TPSA) is 75.7 Å². The molecule has 1 heterocycles. The number of likely N-dealkylation sites (tertiary alicyclic amines) is 1. The number of benzene rings is 1. The highest BCUT2D eigenvalue weighted by atomic mass is 32.2. The van der Waals surface area contributed by atoms with Crippen molar-refractivity contribution in [3.63, 3.8) is 0 Å². The molecular formula is C16H23FN2O4S. The monoisotopic (exact) mass is 358 g/mol. The molecule has 0 radical (unpaired) electrons. The smallest absolute Gasteiger partial charge is 0.240 e. The first-order valence-electron chi connectivity index (χ1n) is 7.89. The number of piperidine rings is 1.